The van der Waals surface area contributed by atoms with E-state index in [-0.39, 0.29) is 5.95 Å². The normalized spacial score (nSPS) is 26.6. The number of hydrogen-bond acceptors (Lipinski definition) is 13. The maximum atomic E-state index is 6.89. The van der Waals surface area contributed by atoms with Gasteiger partial charge in [-0.1, -0.05) is 6.07 Å². The molecule has 2 aliphatic rings. The summed E-state index contributed by atoms with van der Waals surface area (Å²) in [5, 5.41) is 13.7. The van der Waals surface area contributed by atoms with Crippen molar-refractivity contribution in [1.29, 1.82) is 0 Å². The highest BCUT2D eigenvalue weighted by Gasteiger charge is 2.77. The minimum atomic E-state index is -1.40. The Morgan fingerprint density at radius 2 is 1.74 bits per heavy atom. The Balaban J connectivity index is 1.67. The average Bonchev–Trinajstić information content (AvgIpc) is 3.79. The summed E-state index contributed by atoms with van der Waals surface area (Å²) in [5.41, 5.74) is -1.20. The predicted octanol–water partition coefficient (Wildman–Crippen LogP) is 1.76. The molecule has 13 nitrogen and oxygen atoms in total. The standard InChI is InChI=1S/C26H22N10O3/c1-2-7-28-19(6-1)25(22-30-13-15-37-22)21(18-5-3-10-34-35-18)39-36(24-32-8-4-9-33-24)26(25,23-31-14-16-38-23)20-17-27-11-12-29-20/h1-13,15,17,21,23,31H,14,16H2. The van der Waals surface area contributed by atoms with Crippen LogP contribution >= 0.6 is 0 Å². The molecule has 0 spiro atoms. The first-order chi connectivity index (χ1) is 19.4. The minimum absolute atomic E-state index is 0.263. The van der Waals surface area contributed by atoms with Crippen LogP contribution in [0.25, 0.3) is 0 Å². The molecule has 0 aliphatic carbocycles. The predicted molar refractivity (Wildman–Crippen MR) is 133 cm³/mol. The fraction of sp³-hybridized carbons (Fsp3) is 0.231. The molecule has 2 fully saturated rings. The molecule has 4 atom stereocenters. The van der Waals surface area contributed by atoms with Gasteiger partial charge in [-0.3, -0.25) is 25.1 Å². The summed E-state index contributed by atoms with van der Waals surface area (Å²) in [6, 6.07) is 11.0. The van der Waals surface area contributed by atoms with Gasteiger partial charge in [-0.25, -0.2) is 20.0 Å². The smallest absolute Gasteiger partial charge is 0.250 e. The molecule has 0 saturated carbocycles. The molecule has 4 unspecified atom stereocenters. The third kappa shape index (κ3) is 3.37. The van der Waals surface area contributed by atoms with Crippen LogP contribution in [-0.4, -0.2) is 59.5 Å². The van der Waals surface area contributed by atoms with Crippen LogP contribution in [0, 0.1) is 0 Å². The summed E-state index contributed by atoms with van der Waals surface area (Å²) < 4.78 is 12.6. The van der Waals surface area contributed by atoms with E-state index in [2.05, 4.69) is 30.5 Å². The Kier molecular flexibility index (Phi) is 5.73. The van der Waals surface area contributed by atoms with Crippen molar-refractivity contribution < 1.29 is 14.0 Å². The molecule has 2 saturated heterocycles. The van der Waals surface area contributed by atoms with E-state index in [4.69, 9.17) is 28.9 Å². The minimum Gasteiger partial charge on any atom is -0.448 e. The van der Waals surface area contributed by atoms with E-state index in [1.54, 1.807) is 66.8 Å². The number of pyridine rings is 1. The van der Waals surface area contributed by atoms with Crippen LogP contribution in [0.5, 0.6) is 0 Å². The summed E-state index contributed by atoms with van der Waals surface area (Å²) in [7, 11) is 0. The fourth-order valence-electron chi connectivity index (χ4n) is 5.63. The Morgan fingerprint density at radius 1 is 0.846 bits per heavy atom. The van der Waals surface area contributed by atoms with E-state index in [1.807, 2.05) is 24.3 Å². The number of hydroxylamine groups is 1. The molecule has 39 heavy (non-hydrogen) atoms. The van der Waals surface area contributed by atoms with Gasteiger partial charge in [-0.05, 0) is 30.3 Å². The van der Waals surface area contributed by atoms with E-state index >= 15 is 0 Å². The zero-order chi connectivity index (χ0) is 26.1. The number of anilines is 1. The summed E-state index contributed by atoms with van der Waals surface area (Å²) >= 11 is 0. The molecule has 13 heteroatoms. The SMILES string of the molecule is c1ccc(C2(c3ncco3)C(c3cccnn3)ON(c3ncccn3)C2(c2cnccn2)C2NCCO2)nc1. The summed E-state index contributed by atoms with van der Waals surface area (Å²) in [4.78, 5) is 34.9. The second kappa shape index (κ2) is 9.54. The molecule has 0 radical (unpaired) electrons. The quantitative estimate of drug-likeness (QED) is 0.345. The second-order valence-electron chi connectivity index (χ2n) is 8.90. The Hall–Kier alpha value is -4.72. The van der Waals surface area contributed by atoms with Gasteiger partial charge in [0.1, 0.15) is 12.5 Å². The van der Waals surface area contributed by atoms with Crippen LogP contribution in [0.15, 0.2) is 96.7 Å². The van der Waals surface area contributed by atoms with Crippen LogP contribution in [0.3, 0.4) is 0 Å². The lowest BCUT2D eigenvalue weighted by Crippen LogP contribution is -2.66. The van der Waals surface area contributed by atoms with Crippen LogP contribution < -0.4 is 10.4 Å². The van der Waals surface area contributed by atoms with Gasteiger partial charge in [-0.15, -0.1) is 0 Å². The zero-order valence-corrected chi connectivity index (χ0v) is 20.5. The van der Waals surface area contributed by atoms with Gasteiger partial charge in [0.05, 0.1) is 36.1 Å². The van der Waals surface area contributed by atoms with Crippen molar-refractivity contribution >= 4 is 5.95 Å². The molecular weight excluding hydrogens is 500 g/mol. The Bertz CT molecular complexity index is 1510. The van der Waals surface area contributed by atoms with Crippen LogP contribution in [0.1, 0.15) is 29.1 Å². The highest BCUT2D eigenvalue weighted by Crippen LogP contribution is 2.64. The highest BCUT2D eigenvalue weighted by atomic mass is 16.7. The number of ether oxygens (including phenoxy) is 1. The van der Waals surface area contributed by atoms with E-state index in [0.717, 1.165) is 0 Å². The maximum Gasteiger partial charge on any atom is 0.250 e. The summed E-state index contributed by atoms with van der Waals surface area (Å²) in [6.07, 6.45) is 12.9. The summed E-state index contributed by atoms with van der Waals surface area (Å²) in [5.74, 6) is 0.567. The molecule has 7 rings (SSSR count). The lowest BCUT2D eigenvalue weighted by Gasteiger charge is -2.47. The molecule has 194 valence electrons. The van der Waals surface area contributed by atoms with E-state index in [1.165, 1.54) is 6.26 Å². The molecule has 5 aromatic rings. The third-order valence-electron chi connectivity index (χ3n) is 7.01. The lowest BCUT2D eigenvalue weighted by atomic mass is 9.60. The lowest BCUT2D eigenvalue weighted by molar-refractivity contribution is -0.00907. The Labute approximate surface area is 222 Å². The number of oxazole rings is 1. The van der Waals surface area contributed by atoms with Crippen molar-refractivity contribution in [3.8, 4) is 0 Å². The number of rotatable bonds is 6. The topological polar surface area (TPSA) is 150 Å². The van der Waals surface area contributed by atoms with Crippen molar-refractivity contribution in [2.24, 2.45) is 0 Å². The number of aromatic nitrogens is 8. The number of nitrogens with one attached hydrogen (secondary N) is 1. The summed E-state index contributed by atoms with van der Waals surface area (Å²) in [6.45, 7) is 1.02. The van der Waals surface area contributed by atoms with Crippen molar-refractivity contribution in [2.45, 2.75) is 23.3 Å². The first kappa shape index (κ1) is 23.4. The molecule has 0 bridgehead atoms. The van der Waals surface area contributed by atoms with Crippen LogP contribution in [-0.2, 0) is 20.5 Å². The van der Waals surface area contributed by atoms with E-state index in [9.17, 15) is 0 Å². The zero-order valence-electron chi connectivity index (χ0n) is 20.5. The monoisotopic (exact) mass is 522 g/mol. The molecule has 2 aliphatic heterocycles. The van der Waals surface area contributed by atoms with Gasteiger partial charge in [0.25, 0.3) is 5.95 Å². The molecule has 1 N–H and O–H groups in total. The molecular formula is C26H22N10O3. The largest absolute Gasteiger partial charge is 0.448 e. The molecule has 0 amide bonds. The number of nitrogens with zero attached hydrogens (tertiary/aromatic N) is 9. The van der Waals surface area contributed by atoms with Gasteiger partial charge in [0, 0.05) is 43.7 Å². The fourth-order valence-corrected chi connectivity index (χ4v) is 5.63. The van der Waals surface area contributed by atoms with E-state index in [0.29, 0.717) is 36.1 Å². The van der Waals surface area contributed by atoms with Crippen molar-refractivity contribution in [3.63, 3.8) is 0 Å². The second-order valence-corrected chi connectivity index (χ2v) is 8.90. The van der Waals surface area contributed by atoms with Crippen LogP contribution in [0.2, 0.25) is 0 Å². The van der Waals surface area contributed by atoms with Crippen molar-refractivity contribution in [1.82, 2.24) is 45.4 Å². The molecule has 5 aromatic heterocycles. The molecule has 7 heterocycles. The highest BCUT2D eigenvalue weighted by molar-refractivity contribution is 5.53. The van der Waals surface area contributed by atoms with E-state index < -0.39 is 23.3 Å². The maximum absolute atomic E-state index is 6.89. The average molecular weight is 523 g/mol. The number of hydrogen-bond donors (Lipinski definition) is 1. The van der Waals surface area contributed by atoms with Crippen LogP contribution in [0.4, 0.5) is 5.95 Å². The van der Waals surface area contributed by atoms with Gasteiger partial charge in [0.15, 0.2) is 17.1 Å². The third-order valence-corrected chi connectivity index (χ3v) is 7.01. The van der Waals surface area contributed by atoms with Crippen molar-refractivity contribution in [3.05, 3.63) is 115 Å². The Morgan fingerprint density at radius 3 is 2.44 bits per heavy atom. The van der Waals surface area contributed by atoms with Gasteiger partial charge in [0.2, 0.25) is 5.89 Å². The first-order valence-corrected chi connectivity index (χ1v) is 12.3. The van der Waals surface area contributed by atoms with Gasteiger partial charge >= 0.3 is 0 Å². The van der Waals surface area contributed by atoms with Gasteiger partial charge < -0.3 is 9.15 Å². The van der Waals surface area contributed by atoms with Gasteiger partial charge in [-0.2, -0.15) is 10.2 Å². The first-order valence-electron chi connectivity index (χ1n) is 12.3. The van der Waals surface area contributed by atoms with Crippen molar-refractivity contribution in [2.75, 3.05) is 18.2 Å². The molecule has 0 aromatic carbocycles.